The van der Waals surface area contributed by atoms with Gasteiger partial charge in [0.15, 0.2) is 27.3 Å². The minimum Gasteiger partial charge on any atom is -0.495 e. The average molecular weight is 411 g/mol. The number of pyridine rings is 2. The van der Waals surface area contributed by atoms with Crippen LogP contribution in [0.5, 0.6) is 5.75 Å². The lowest BCUT2D eigenvalue weighted by Gasteiger charge is -2.21. The highest BCUT2D eigenvalue weighted by molar-refractivity contribution is 7.92. The molecule has 3 aromatic rings. The molecule has 4 N–H and O–H groups in total. The SMILES string of the molecule is COc1cc2nc(N)c(-c3cc(F)c(N)nc3F)n2cc1S(=O)(=O)C(C)(C)C. The number of nitrogens with two attached hydrogens (primary N) is 2. The Morgan fingerprint density at radius 2 is 1.75 bits per heavy atom. The number of hydrogen-bond acceptors (Lipinski definition) is 7. The Morgan fingerprint density at radius 1 is 1.11 bits per heavy atom. The summed E-state index contributed by atoms with van der Waals surface area (Å²) >= 11 is 0. The molecular weight excluding hydrogens is 392 g/mol. The van der Waals surface area contributed by atoms with Gasteiger partial charge in [0.05, 0.1) is 17.4 Å². The van der Waals surface area contributed by atoms with Gasteiger partial charge in [0.2, 0.25) is 5.95 Å². The molecule has 0 atom stereocenters. The standard InChI is InChI=1S/C17H19F2N5O3S/c1-17(2,3)28(25,26)11-7-24-12(6-10(11)27-4)22-16(21)13(24)8-5-9(18)15(20)23-14(8)19/h5-7H,21H2,1-4H3,(H2,20,23). The third-order valence-electron chi connectivity index (χ3n) is 4.24. The van der Waals surface area contributed by atoms with Crippen molar-refractivity contribution in [2.24, 2.45) is 0 Å². The zero-order valence-corrected chi connectivity index (χ0v) is 16.4. The number of nitrogens with zero attached hydrogens (tertiary/aromatic N) is 3. The number of methoxy groups -OCH3 is 1. The maximum absolute atomic E-state index is 14.4. The van der Waals surface area contributed by atoms with E-state index in [1.807, 2.05) is 0 Å². The van der Waals surface area contributed by atoms with E-state index in [1.165, 1.54) is 44.5 Å². The first-order valence-corrected chi connectivity index (χ1v) is 9.59. The molecule has 8 nitrogen and oxygen atoms in total. The summed E-state index contributed by atoms with van der Waals surface area (Å²) in [6.45, 7) is 4.61. The molecule has 0 amide bonds. The second kappa shape index (κ2) is 6.30. The molecule has 0 aliphatic carbocycles. The normalized spacial score (nSPS) is 12.5. The summed E-state index contributed by atoms with van der Waals surface area (Å²) in [5.41, 5.74) is 11.0. The summed E-state index contributed by atoms with van der Waals surface area (Å²) in [4.78, 5) is 7.27. The Balaban J connectivity index is 2.41. The number of halogens is 2. The number of ether oxygens (including phenoxy) is 1. The maximum atomic E-state index is 14.4. The molecule has 0 radical (unpaired) electrons. The van der Waals surface area contributed by atoms with Crippen LogP contribution in [0.2, 0.25) is 0 Å². The van der Waals surface area contributed by atoms with Crippen molar-refractivity contribution in [1.29, 1.82) is 0 Å². The summed E-state index contributed by atoms with van der Waals surface area (Å²) in [6.07, 6.45) is 1.22. The Hall–Kier alpha value is -2.95. The summed E-state index contributed by atoms with van der Waals surface area (Å²) in [6, 6.07) is 2.19. The van der Waals surface area contributed by atoms with E-state index in [-0.39, 0.29) is 33.4 Å². The number of aromatic nitrogens is 3. The molecule has 0 aliphatic heterocycles. The maximum Gasteiger partial charge on any atom is 0.224 e. The van der Waals surface area contributed by atoms with Gasteiger partial charge in [-0.3, -0.25) is 4.40 Å². The molecule has 0 saturated heterocycles. The van der Waals surface area contributed by atoms with Crippen LogP contribution in [0.3, 0.4) is 0 Å². The van der Waals surface area contributed by atoms with Crippen LogP contribution in [0, 0.1) is 11.8 Å². The van der Waals surface area contributed by atoms with Crippen LogP contribution >= 0.6 is 0 Å². The van der Waals surface area contributed by atoms with Crippen LogP contribution in [-0.4, -0.2) is 34.6 Å². The van der Waals surface area contributed by atoms with Gasteiger partial charge in [0.1, 0.15) is 22.0 Å². The molecular formula is C17H19F2N5O3S. The third-order valence-corrected chi connectivity index (χ3v) is 6.74. The van der Waals surface area contributed by atoms with Crippen LogP contribution in [0.25, 0.3) is 16.9 Å². The van der Waals surface area contributed by atoms with E-state index in [9.17, 15) is 17.2 Å². The van der Waals surface area contributed by atoms with E-state index in [0.29, 0.717) is 0 Å². The van der Waals surface area contributed by atoms with E-state index in [4.69, 9.17) is 16.2 Å². The lowest BCUT2D eigenvalue weighted by Crippen LogP contribution is -2.28. The molecule has 150 valence electrons. The van der Waals surface area contributed by atoms with Crippen molar-refractivity contribution >= 4 is 27.1 Å². The van der Waals surface area contributed by atoms with Gasteiger partial charge in [-0.25, -0.2) is 17.8 Å². The van der Waals surface area contributed by atoms with E-state index < -0.39 is 32.2 Å². The number of nitrogen functional groups attached to an aromatic ring is 2. The molecule has 0 spiro atoms. The zero-order chi connectivity index (χ0) is 21.0. The summed E-state index contributed by atoms with van der Waals surface area (Å²) in [7, 11) is -2.52. The Kier molecular flexibility index (Phi) is 4.45. The average Bonchev–Trinajstić information content (AvgIpc) is 2.90. The lowest BCUT2D eigenvalue weighted by molar-refractivity contribution is 0.401. The first kappa shape index (κ1) is 19.8. The quantitative estimate of drug-likeness (QED) is 0.634. The molecule has 28 heavy (non-hydrogen) atoms. The molecule has 0 aliphatic rings. The predicted molar refractivity (Wildman–Crippen MR) is 101 cm³/mol. The Labute approximate surface area is 160 Å². The number of fused-ring (bicyclic) bond motifs is 1. The van der Waals surface area contributed by atoms with Gasteiger partial charge in [0.25, 0.3) is 0 Å². The van der Waals surface area contributed by atoms with Crippen LogP contribution in [-0.2, 0) is 9.84 Å². The summed E-state index contributed by atoms with van der Waals surface area (Å²) in [5, 5.41) is 0. The van der Waals surface area contributed by atoms with E-state index >= 15 is 0 Å². The number of hydrogen-bond donors (Lipinski definition) is 2. The van der Waals surface area contributed by atoms with Gasteiger partial charge in [-0.1, -0.05) is 0 Å². The van der Waals surface area contributed by atoms with Gasteiger partial charge in [-0.15, -0.1) is 0 Å². The van der Waals surface area contributed by atoms with Gasteiger partial charge >= 0.3 is 0 Å². The van der Waals surface area contributed by atoms with E-state index in [1.54, 1.807) is 0 Å². The molecule has 3 aromatic heterocycles. The van der Waals surface area contributed by atoms with Crippen molar-refractivity contribution in [3.05, 3.63) is 30.1 Å². The molecule has 0 saturated carbocycles. The van der Waals surface area contributed by atoms with Crippen molar-refractivity contribution < 1.29 is 21.9 Å². The minimum absolute atomic E-state index is 0.0492. The van der Waals surface area contributed by atoms with Crippen molar-refractivity contribution in [3.8, 4) is 17.0 Å². The largest absolute Gasteiger partial charge is 0.495 e. The minimum atomic E-state index is -3.84. The molecule has 0 aromatic carbocycles. The van der Waals surface area contributed by atoms with Crippen molar-refractivity contribution in [2.75, 3.05) is 18.6 Å². The molecule has 0 bridgehead atoms. The molecule has 3 rings (SSSR count). The fraction of sp³-hybridized carbons (Fsp3) is 0.294. The number of sulfone groups is 1. The number of imidazole rings is 1. The van der Waals surface area contributed by atoms with Gasteiger partial charge in [-0.05, 0) is 26.8 Å². The highest BCUT2D eigenvalue weighted by Gasteiger charge is 2.34. The summed E-state index contributed by atoms with van der Waals surface area (Å²) in [5.74, 6) is -2.70. The highest BCUT2D eigenvalue weighted by Crippen LogP contribution is 2.36. The number of anilines is 2. The zero-order valence-electron chi connectivity index (χ0n) is 15.6. The number of rotatable bonds is 3. The van der Waals surface area contributed by atoms with Crippen LogP contribution < -0.4 is 16.2 Å². The molecule has 3 heterocycles. The predicted octanol–water partition coefficient (Wildman–Crippen LogP) is 2.42. The highest BCUT2D eigenvalue weighted by atomic mass is 32.2. The second-order valence-corrected chi connectivity index (χ2v) is 9.76. The van der Waals surface area contributed by atoms with Crippen molar-refractivity contribution in [2.45, 2.75) is 30.4 Å². The topological polar surface area (TPSA) is 126 Å². The fourth-order valence-corrected chi connectivity index (χ4v) is 3.99. The van der Waals surface area contributed by atoms with E-state index in [2.05, 4.69) is 9.97 Å². The molecule has 11 heteroatoms. The monoisotopic (exact) mass is 411 g/mol. The van der Waals surface area contributed by atoms with Crippen LogP contribution in [0.4, 0.5) is 20.4 Å². The van der Waals surface area contributed by atoms with E-state index in [0.717, 1.165) is 6.07 Å². The Morgan fingerprint density at radius 3 is 2.32 bits per heavy atom. The van der Waals surface area contributed by atoms with Gasteiger partial charge in [0, 0.05) is 12.3 Å². The Bertz CT molecular complexity index is 1200. The third kappa shape index (κ3) is 2.91. The molecule has 0 fully saturated rings. The summed E-state index contributed by atoms with van der Waals surface area (Å²) < 4.78 is 59.6. The lowest BCUT2D eigenvalue weighted by atomic mass is 10.2. The smallest absolute Gasteiger partial charge is 0.224 e. The van der Waals surface area contributed by atoms with Gasteiger partial charge < -0.3 is 16.2 Å². The van der Waals surface area contributed by atoms with Gasteiger partial charge in [-0.2, -0.15) is 9.37 Å². The van der Waals surface area contributed by atoms with Crippen molar-refractivity contribution in [3.63, 3.8) is 0 Å². The first-order chi connectivity index (χ1) is 12.9. The first-order valence-electron chi connectivity index (χ1n) is 8.10. The van der Waals surface area contributed by atoms with Crippen LogP contribution in [0.15, 0.2) is 23.2 Å². The second-order valence-electron chi connectivity index (χ2n) is 7.09. The van der Waals surface area contributed by atoms with Crippen molar-refractivity contribution in [1.82, 2.24) is 14.4 Å². The molecule has 0 unspecified atom stereocenters. The van der Waals surface area contributed by atoms with Crippen LogP contribution in [0.1, 0.15) is 20.8 Å². The fourth-order valence-electron chi connectivity index (χ4n) is 2.67.